The van der Waals surface area contributed by atoms with Crippen molar-refractivity contribution in [3.05, 3.63) is 71.3 Å². The van der Waals surface area contributed by atoms with Crippen LogP contribution in [0.15, 0.2) is 54.6 Å². The quantitative estimate of drug-likeness (QED) is 0.644. The van der Waals surface area contributed by atoms with Crippen molar-refractivity contribution in [2.75, 3.05) is 13.2 Å². The Kier molecular flexibility index (Phi) is 6.63. The first-order valence-corrected chi connectivity index (χ1v) is 11.4. The molecule has 32 heavy (non-hydrogen) atoms. The van der Waals surface area contributed by atoms with Crippen LogP contribution in [0, 0.1) is 12.8 Å². The van der Waals surface area contributed by atoms with Crippen molar-refractivity contribution < 1.29 is 19.4 Å². The first kappa shape index (κ1) is 22.5. The van der Waals surface area contributed by atoms with Crippen molar-refractivity contribution in [3.8, 4) is 0 Å². The van der Waals surface area contributed by atoms with E-state index < -0.39 is 17.7 Å². The maximum absolute atomic E-state index is 13.1. The van der Waals surface area contributed by atoms with Crippen molar-refractivity contribution >= 4 is 11.9 Å². The molecule has 2 aliphatic rings. The molecule has 4 rings (SSSR count). The molecule has 2 unspecified atom stereocenters. The second-order valence-corrected chi connectivity index (χ2v) is 9.25. The van der Waals surface area contributed by atoms with Crippen molar-refractivity contribution in [1.29, 1.82) is 0 Å². The fourth-order valence-corrected chi connectivity index (χ4v) is 4.78. The lowest BCUT2D eigenvalue weighted by molar-refractivity contribution is -0.134. The molecule has 2 N–H and O–H groups in total. The molecule has 1 heterocycles. The van der Waals surface area contributed by atoms with E-state index in [1.165, 1.54) is 0 Å². The SMILES string of the molecule is Cc1ccccc1C(OCC(O)CN1C(=O)NC2(CCC(C)CC2)C1=O)c1ccccc1. The van der Waals surface area contributed by atoms with Gasteiger partial charge in [-0.2, -0.15) is 0 Å². The van der Waals surface area contributed by atoms with E-state index >= 15 is 0 Å². The number of nitrogens with one attached hydrogen (secondary N) is 1. The Morgan fingerprint density at radius 1 is 1.09 bits per heavy atom. The van der Waals surface area contributed by atoms with E-state index in [0.717, 1.165) is 34.4 Å². The molecule has 1 spiro atoms. The first-order valence-electron chi connectivity index (χ1n) is 11.4. The monoisotopic (exact) mass is 436 g/mol. The molecular weight excluding hydrogens is 404 g/mol. The highest BCUT2D eigenvalue weighted by atomic mass is 16.5. The number of benzene rings is 2. The van der Waals surface area contributed by atoms with Crippen molar-refractivity contribution in [3.63, 3.8) is 0 Å². The third kappa shape index (κ3) is 4.57. The fraction of sp³-hybridized carbons (Fsp3) is 0.462. The number of amides is 3. The smallest absolute Gasteiger partial charge is 0.325 e. The summed E-state index contributed by atoms with van der Waals surface area (Å²) in [5, 5.41) is 13.6. The molecule has 0 aromatic heterocycles. The average molecular weight is 437 g/mol. The van der Waals surface area contributed by atoms with E-state index in [1.54, 1.807) is 0 Å². The number of imide groups is 1. The molecule has 6 heteroatoms. The first-order chi connectivity index (χ1) is 15.4. The summed E-state index contributed by atoms with van der Waals surface area (Å²) in [6.07, 6.45) is 1.83. The molecule has 170 valence electrons. The summed E-state index contributed by atoms with van der Waals surface area (Å²) < 4.78 is 6.17. The standard InChI is InChI=1S/C26H32N2O4/c1-18-12-14-26(15-13-18)24(30)28(25(31)27-26)16-21(29)17-32-23(20-9-4-3-5-10-20)22-11-7-6-8-19(22)2/h3-11,18,21,23,29H,12-17H2,1-2H3,(H,27,31). The summed E-state index contributed by atoms with van der Waals surface area (Å²) in [5.41, 5.74) is 2.31. The molecule has 0 radical (unpaired) electrons. The highest BCUT2D eigenvalue weighted by molar-refractivity contribution is 6.07. The molecule has 2 atom stereocenters. The zero-order valence-corrected chi connectivity index (χ0v) is 18.8. The number of carbonyl (C=O) groups is 2. The highest BCUT2D eigenvalue weighted by Crippen LogP contribution is 2.36. The molecule has 2 aromatic rings. The Balaban J connectivity index is 1.43. The second kappa shape index (κ2) is 9.43. The van der Waals surface area contributed by atoms with Gasteiger partial charge in [0.25, 0.3) is 5.91 Å². The Bertz CT molecular complexity index is 953. The minimum atomic E-state index is -0.974. The summed E-state index contributed by atoms with van der Waals surface area (Å²) >= 11 is 0. The van der Waals surface area contributed by atoms with Crippen LogP contribution in [-0.4, -0.2) is 46.7 Å². The lowest BCUT2D eigenvalue weighted by Gasteiger charge is -2.33. The van der Waals surface area contributed by atoms with Crippen LogP contribution >= 0.6 is 0 Å². The Labute approximate surface area is 189 Å². The number of hydrogen-bond acceptors (Lipinski definition) is 4. The molecule has 2 fully saturated rings. The van der Waals surface area contributed by atoms with Gasteiger partial charge in [-0.25, -0.2) is 4.79 Å². The summed E-state index contributed by atoms with van der Waals surface area (Å²) in [4.78, 5) is 26.8. The van der Waals surface area contributed by atoms with Crippen LogP contribution in [0.4, 0.5) is 4.79 Å². The van der Waals surface area contributed by atoms with Gasteiger partial charge in [-0.3, -0.25) is 9.69 Å². The van der Waals surface area contributed by atoms with Crippen LogP contribution in [0.3, 0.4) is 0 Å². The lowest BCUT2D eigenvalue weighted by atomic mass is 9.77. The van der Waals surface area contributed by atoms with Crippen molar-refractivity contribution in [2.24, 2.45) is 5.92 Å². The molecule has 1 aliphatic carbocycles. The number of aliphatic hydroxyl groups is 1. The van der Waals surface area contributed by atoms with Crippen LogP contribution in [0.5, 0.6) is 0 Å². The van der Waals surface area contributed by atoms with Crippen LogP contribution in [-0.2, 0) is 9.53 Å². The predicted molar refractivity (Wildman–Crippen MR) is 122 cm³/mol. The number of rotatable bonds is 7. The van der Waals surface area contributed by atoms with Gasteiger partial charge in [0.2, 0.25) is 0 Å². The van der Waals surface area contributed by atoms with Gasteiger partial charge in [-0.05, 0) is 55.2 Å². The number of ether oxygens (including phenoxy) is 1. The van der Waals surface area contributed by atoms with E-state index in [0.29, 0.717) is 18.8 Å². The van der Waals surface area contributed by atoms with Crippen LogP contribution in [0.1, 0.15) is 55.4 Å². The lowest BCUT2D eigenvalue weighted by Crippen LogP contribution is -2.49. The van der Waals surface area contributed by atoms with Gasteiger partial charge in [0.05, 0.1) is 19.3 Å². The third-order valence-corrected chi connectivity index (χ3v) is 6.80. The van der Waals surface area contributed by atoms with E-state index in [4.69, 9.17) is 4.74 Å². The van der Waals surface area contributed by atoms with E-state index in [2.05, 4.69) is 12.2 Å². The summed E-state index contributed by atoms with van der Waals surface area (Å²) in [6, 6.07) is 17.4. The topological polar surface area (TPSA) is 78.9 Å². The van der Waals surface area contributed by atoms with Crippen molar-refractivity contribution in [2.45, 2.75) is 57.3 Å². The van der Waals surface area contributed by atoms with Crippen LogP contribution in [0.25, 0.3) is 0 Å². The summed E-state index contributed by atoms with van der Waals surface area (Å²) in [5.74, 6) is 0.349. The molecular formula is C26H32N2O4. The minimum Gasteiger partial charge on any atom is -0.389 e. The van der Waals surface area contributed by atoms with Crippen LogP contribution < -0.4 is 5.32 Å². The molecule has 0 bridgehead atoms. The zero-order valence-electron chi connectivity index (χ0n) is 18.8. The molecule has 1 aliphatic heterocycles. The maximum Gasteiger partial charge on any atom is 0.325 e. The van der Waals surface area contributed by atoms with Gasteiger partial charge < -0.3 is 15.2 Å². The van der Waals surface area contributed by atoms with Gasteiger partial charge in [-0.15, -0.1) is 0 Å². The Morgan fingerprint density at radius 3 is 2.44 bits per heavy atom. The van der Waals surface area contributed by atoms with Crippen LogP contribution in [0.2, 0.25) is 0 Å². The number of aliphatic hydroxyl groups excluding tert-OH is 1. The molecule has 1 saturated carbocycles. The molecule has 1 saturated heterocycles. The average Bonchev–Trinajstić information content (AvgIpc) is 3.02. The van der Waals surface area contributed by atoms with Gasteiger partial charge in [0, 0.05) is 0 Å². The molecule has 6 nitrogen and oxygen atoms in total. The minimum absolute atomic E-state index is 0.00892. The third-order valence-electron chi connectivity index (χ3n) is 6.80. The number of aryl methyl sites for hydroxylation is 1. The largest absolute Gasteiger partial charge is 0.389 e. The normalized spacial score (nSPS) is 25.1. The summed E-state index contributed by atoms with van der Waals surface area (Å²) in [7, 11) is 0. The zero-order chi connectivity index (χ0) is 22.7. The van der Waals surface area contributed by atoms with E-state index in [9.17, 15) is 14.7 Å². The van der Waals surface area contributed by atoms with Crippen molar-refractivity contribution in [1.82, 2.24) is 10.2 Å². The Morgan fingerprint density at radius 2 is 1.75 bits per heavy atom. The number of β-amino-alcohol motifs (C(OH)–C–C–N with tert-alkyl or cyclic N) is 1. The number of urea groups is 1. The van der Waals surface area contributed by atoms with Gasteiger partial charge in [-0.1, -0.05) is 61.5 Å². The second-order valence-electron chi connectivity index (χ2n) is 9.25. The Hall–Kier alpha value is -2.70. The number of hydrogen-bond donors (Lipinski definition) is 2. The predicted octanol–water partition coefficient (Wildman–Crippen LogP) is 3.96. The number of carbonyl (C=O) groups excluding carboxylic acids is 2. The number of nitrogens with zero attached hydrogens (tertiary/aromatic N) is 1. The van der Waals surface area contributed by atoms with Gasteiger partial charge >= 0.3 is 6.03 Å². The summed E-state index contributed by atoms with van der Waals surface area (Å²) in [6.45, 7) is 4.14. The van der Waals surface area contributed by atoms with E-state index in [-0.39, 0.29) is 25.2 Å². The highest BCUT2D eigenvalue weighted by Gasteiger charge is 2.52. The molecule has 2 aromatic carbocycles. The maximum atomic E-state index is 13.1. The van der Waals surface area contributed by atoms with E-state index in [1.807, 2.05) is 61.5 Å². The van der Waals surface area contributed by atoms with Gasteiger partial charge in [0.15, 0.2) is 0 Å². The molecule has 3 amide bonds. The fourth-order valence-electron chi connectivity index (χ4n) is 4.78. The van der Waals surface area contributed by atoms with Gasteiger partial charge in [0.1, 0.15) is 11.6 Å².